The predicted octanol–water partition coefficient (Wildman–Crippen LogP) is 2.00. The second kappa shape index (κ2) is 3.28. The minimum absolute atomic E-state index is 0.244. The van der Waals surface area contributed by atoms with Gasteiger partial charge in [-0.3, -0.25) is 4.68 Å². The molecule has 0 aliphatic carbocycles. The minimum atomic E-state index is -0.244. The Hall–Kier alpha value is -0.820. The fraction of sp³-hybridized carbons (Fsp3) is 0.500. The third-order valence-electron chi connectivity index (χ3n) is 1.93. The lowest BCUT2D eigenvalue weighted by atomic mass is 10.1. The highest BCUT2D eigenvalue weighted by Crippen LogP contribution is 2.27. The van der Waals surface area contributed by atoms with E-state index in [1.165, 1.54) is 0 Å². The summed E-state index contributed by atoms with van der Waals surface area (Å²) in [5.74, 6) is 0. The van der Waals surface area contributed by atoms with Gasteiger partial charge in [0.1, 0.15) is 4.83 Å². The van der Waals surface area contributed by atoms with Gasteiger partial charge in [0.15, 0.2) is 0 Å². The zero-order valence-corrected chi connectivity index (χ0v) is 8.88. The number of nitriles is 1. The molecule has 0 spiro atoms. The van der Waals surface area contributed by atoms with E-state index >= 15 is 0 Å². The number of hydrogen-bond donors (Lipinski definition) is 0. The summed E-state index contributed by atoms with van der Waals surface area (Å²) in [7, 11) is 1.88. The number of nitrogens with zero attached hydrogens (tertiary/aromatic N) is 3. The Morgan fingerprint density at radius 3 is 2.50 bits per heavy atom. The standard InChI is InChI=1S/C8H10BrN3/c1-5-8(7(9)4-10)6(2)12(3)11-5/h7H,1-3H3. The van der Waals surface area contributed by atoms with E-state index in [9.17, 15) is 0 Å². The second-order valence-electron chi connectivity index (χ2n) is 2.70. The van der Waals surface area contributed by atoms with E-state index in [2.05, 4.69) is 27.1 Å². The number of halogens is 1. The Kier molecular flexibility index (Phi) is 2.53. The Labute approximate surface area is 80.1 Å². The van der Waals surface area contributed by atoms with Crippen LogP contribution in [0.3, 0.4) is 0 Å². The lowest BCUT2D eigenvalue weighted by molar-refractivity contribution is 0.730. The van der Waals surface area contributed by atoms with Crippen molar-refractivity contribution < 1.29 is 0 Å². The number of alkyl halides is 1. The number of aryl methyl sites for hydroxylation is 2. The SMILES string of the molecule is Cc1nn(C)c(C)c1C(Br)C#N. The molecule has 1 unspecified atom stereocenters. The maximum absolute atomic E-state index is 8.71. The predicted molar refractivity (Wildman–Crippen MR) is 50.0 cm³/mol. The highest BCUT2D eigenvalue weighted by Gasteiger charge is 2.16. The van der Waals surface area contributed by atoms with Crippen molar-refractivity contribution in [1.82, 2.24) is 9.78 Å². The van der Waals surface area contributed by atoms with E-state index in [4.69, 9.17) is 5.26 Å². The molecule has 4 heteroatoms. The molecule has 1 atom stereocenters. The zero-order valence-electron chi connectivity index (χ0n) is 7.30. The van der Waals surface area contributed by atoms with Gasteiger partial charge in [-0.05, 0) is 13.8 Å². The van der Waals surface area contributed by atoms with Gasteiger partial charge in [0.2, 0.25) is 0 Å². The normalized spacial score (nSPS) is 12.6. The first kappa shape index (κ1) is 9.27. The molecule has 0 amide bonds. The maximum Gasteiger partial charge on any atom is 0.130 e. The van der Waals surface area contributed by atoms with Crippen molar-refractivity contribution in [3.8, 4) is 6.07 Å². The summed E-state index contributed by atoms with van der Waals surface area (Å²) in [5, 5.41) is 12.9. The van der Waals surface area contributed by atoms with Crippen LogP contribution in [0.25, 0.3) is 0 Å². The molecule has 0 saturated carbocycles. The first-order valence-electron chi connectivity index (χ1n) is 3.61. The Morgan fingerprint density at radius 2 is 2.17 bits per heavy atom. The van der Waals surface area contributed by atoms with Gasteiger partial charge in [-0.25, -0.2) is 0 Å². The van der Waals surface area contributed by atoms with Gasteiger partial charge in [-0.1, -0.05) is 15.9 Å². The van der Waals surface area contributed by atoms with Crippen LogP contribution in [0.4, 0.5) is 0 Å². The molecule has 3 nitrogen and oxygen atoms in total. The second-order valence-corrected chi connectivity index (χ2v) is 3.62. The minimum Gasteiger partial charge on any atom is -0.272 e. The van der Waals surface area contributed by atoms with Crippen molar-refractivity contribution in [2.75, 3.05) is 0 Å². The summed E-state index contributed by atoms with van der Waals surface area (Å²) in [5.41, 5.74) is 2.94. The van der Waals surface area contributed by atoms with Crippen LogP contribution in [0.15, 0.2) is 0 Å². The van der Waals surface area contributed by atoms with Gasteiger partial charge >= 0.3 is 0 Å². The average Bonchev–Trinajstić information content (AvgIpc) is 2.26. The highest BCUT2D eigenvalue weighted by molar-refractivity contribution is 9.09. The lowest BCUT2D eigenvalue weighted by Crippen LogP contribution is -1.94. The third-order valence-corrected chi connectivity index (χ3v) is 2.59. The molecule has 1 heterocycles. The van der Waals surface area contributed by atoms with E-state index in [1.54, 1.807) is 4.68 Å². The molecule has 0 aromatic carbocycles. The quantitative estimate of drug-likeness (QED) is 0.689. The van der Waals surface area contributed by atoms with Crippen molar-refractivity contribution in [3.05, 3.63) is 17.0 Å². The maximum atomic E-state index is 8.71. The van der Waals surface area contributed by atoms with Crippen LogP contribution in [-0.4, -0.2) is 9.78 Å². The van der Waals surface area contributed by atoms with Crippen LogP contribution < -0.4 is 0 Å². The summed E-state index contributed by atoms with van der Waals surface area (Å²) < 4.78 is 1.79. The summed E-state index contributed by atoms with van der Waals surface area (Å²) in [6.45, 7) is 3.87. The lowest BCUT2D eigenvalue weighted by Gasteiger charge is -2.00. The fourth-order valence-electron chi connectivity index (χ4n) is 1.22. The number of aromatic nitrogens is 2. The first-order chi connectivity index (χ1) is 5.57. The number of hydrogen-bond acceptors (Lipinski definition) is 2. The van der Waals surface area contributed by atoms with Crippen LogP contribution in [0.5, 0.6) is 0 Å². The summed E-state index contributed by atoms with van der Waals surface area (Å²) >= 11 is 3.29. The van der Waals surface area contributed by atoms with Gasteiger partial charge in [0.05, 0.1) is 11.8 Å². The molecule has 1 aromatic heterocycles. The molecule has 64 valence electrons. The van der Waals surface area contributed by atoms with Crippen molar-refractivity contribution in [1.29, 1.82) is 5.26 Å². The van der Waals surface area contributed by atoms with Crippen molar-refractivity contribution in [2.24, 2.45) is 7.05 Å². The van der Waals surface area contributed by atoms with Gasteiger partial charge in [-0.2, -0.15) is 10.4 Å². The van der Waals surface area contributed by atoms with Crippen LogP contribution >= 0.6 is 15.9 Å². The van der Waals surface area contributed by atoms with E-state index in [1.807, 2.05) is 20.9 Å². The third kappa shape index (κ3) is 1.37. The first-order valence-corrected chi connectivity index (χ1v) is 4.53. The molecule has 0 radical (unpaired) electrons. The zero-order chi connectivity index (χ0) is 9.30. The Bertz CT molecular complexity index is 335. The summed E-state index contributed by atoms with van der Waals surface area (Å²) in [6, 6.07) is 2.14. The van der Waals surface area contributed by atoms with E-state index in [-0.39, 0.29) is 4.83 Å². The molecular formula is C8H10BrN3. The molecule has 0 aliphatic rings. The summed E-state index contributed by atoms with van der Waals surface area (Å²) in [6.07, 6.45) is 0. The molecule has 0 fully saturated rings. The van der Waals surface area contributed by atoms with Crippen molar-refractivity contribution in [3.63, 3.8) is 0 Å². The number of rotatable bonds is 1. The fourth-order valence-corrected chi connectivity index (χ4v) is 1.88. The van der Waals surface area contributed by atoms with Crippen molar-refractivity contribution >= 4 is 15.9 Å². The van der Waals surface area contributed by atoms with E-state index < -0.39 is 0 Å². The van der Waals surface area contributed by atoms with Gasteiger partial charge in [0, 0.05) is 18.3 Å². The average molecular weight is 228 g/mol. The molecule has 0 saturated heterocycles. The van der Waals surface area contributed by atoms with Crippen LogP contribution in [0.1, 0.15) is 21.8 Å². The molecule has 0 aliphatic heterocycles. The topological polar surface area (TPSA) is 41.6 Å². The van der Waals surface area contributed by atoms with E-state index in [0.29, 0.717) is 0 Å². The van der Waals surface area contributed by atoms with Crippen LogP contribution in [0.2, 0.25) is 0 Å². The largest absolute Gasteiger partial charge is 0.272 e. The van der Waals surface area contributed by atoms with Gasteiger partial charge < -0.3 is 0 Å². The smallest absolute Gasteiger partial charge is 0.130 e. The molecular weight excluding hydrogens is 218 g/mol. The molecule has 0 bridgehead atoms. The Morgan fingerprint density at radius 1 is 1.58 bits per heavy atom. The molecule has 12 heavy (non-hydrogen) atoms. The van der Waals surface area contributed by atoms with Crippen molar-refractivity contribution in [2.45, 2.75) is 18.7 Å². The van der Waals surface area contributed by atoms with Crippen LogP contribution in [-0.2, 0) is 7.05 Å². The summed E-state index contributed by atoms with van der Waals surface area (Å²) in [4.78, 5) is -0.244. The Balaban J connectivity index is 3.24. The highest BCUT2D eigenvalue weighted by atomic mass is 79.9. The monoisotopic (exact) mass is 227 g/mol. The van der Waals surface area contributed by atoms with Gasteiger partial charge in [0.25, 0.3) is 0 Å². The van der Waals surface area contributed by atoms with Gasteiger partial charge in [-0.15, -0.1) is 0 Å². The van der Waals surface area contributed by atoms with E-state index in [0.717, 1.165) is 17.0 Å². The van der Waals surface area contributed by atoms with Crippen LogP contribution in [0, 0.1) is 25.2 Å². The molecule has 1 aromatic rings. The molecule has 0 N–H and O–H groups in total. The molecule has 1 rings (SSSR count).